The average Bonchev–Trinajstić information content (AvgIpc) is 3.21. The molecule has 1 saturated heterocycles. The quantitative estimate of drug-likeness (QED) is 0.454. The Balaban J connectivity index is 1.56. The summed E-state index contributed by atoms with van der Waals surface area (Å²) in [7, 11) is 0. The van der Waals surface area contributed by atoms with Gasteiger partial charge >= 0.3 is 5.97 Å². The number of ether oxygens (including phenoxy) is 1. The van der Waals surface area contributed by atoms with Crippen LogP contribution in [-0.2, 0) is 22.4 Å². The molecule has 3 atom stereocenters. The molecule has 0 saturated carbocycles. The first-order valence-corrected chi connectivity index (χ1v) is 12.0. The average molecular weight is 496 g/mol. The summed E-state index contributed by atoms with van der Waals surface area (Å²) in [6.45, 7) is 5.02. The smallest absolute Gasteiger partial charge is 0.303 e. The highest BCUT2D eigenvalue weighted by molar-refractivity contribution is 6.31. The number of carboxylic acid groups (broad SMARTS) is 1. The summed E-state index contributed by atoms with van der Waals surface area (Å²) in [6, 6.07) is 8.48. The lowest BCUT2D eigenvalue weighted by Crippen LogP contribution is -2.39. The van der Waals surface area contributed by atoms with Crippen molar-refractivity contribution in [3.8, 4) is 0 Å². The minimum absolute atomic E-state index is 0.0259. The molecule has 8 heteroatoms. The van der Waals surface area contributed by atoms with E-state index in [0.717, 1.165) is 48.5 Å². The van der Waals surface area contributed by atoms with Gasteiger partial charge in [0.2, 0.25) is 0 Å². The Hall–Kier alpha value is -2.06. The number of aliphatic carboxylic acids is 1. The van der Waals surface area contributed by atoms with E-state index in [1.54, 1.807) is 6.92 Å². The van der Waals surface area contributed by atoms with Gasteiger partial charge in [0.1, 0.15) is 0 Å². The molecule has 1 aliphatic heterocycles. The first kappa shape index (κ1) is 26.5. The van der Waals surface area contributed by atoms with Gasteiger partial charge < -0.3 is 14.9 Å². The second kappa shape index (κ2) is 12.1. The molecule has 2 aromatic rings. The molecule has 5 nitrogen and oxygen atoms in total. The maximum Gasteiger partial charge on any atom is 0.303 e. The molecule has 3 rings (SSSR count). The summed E-state index contributed by atoms with van der Waals surface area (Å²) in [5, 5.41) is 20.3. The number of β-amino-alcohol motifs (C(OH)–C–C–N with tert-alkyl or cyclic N) is 1. The van der Waals surface area contributed by atoms with Crippen LogP contribution < -0.4 is 0 Å². The van der Waals surface area contributed by atoms with E-state index in [-0.39, 0.29) is 19.4 Å². The molecular formula is C26H32ClF2NO4. The fourth-order valence-corrected chi connectivity index (χ4v) is 4.71. The maximum absolute atomic E-state index is 13.8. The number of halogens is 3. The third kappa shape index (κ3) is 7.22. The molecule has 0 spiro atoms. The van der Waals surface area contributed by atoms with Gasteiger partial charge in [-0.2, -0.15) is 0 Å². The minimum Gasteiger partial charge on any atom is -0.481 e. The third-order valence-electron chi connectivity index (χ3n) is 6.42. The van der Waals surface area contributed by atoms with E-state index >= 15 is 0 Å². The Kier molecular flexibility index (Phi) is 9.42. The standard InChI is InChI=1S/C26H32ClF2NO4/c1-16-5-6-18(11-23(16)27)10-20-4-3-9-30(20)14-21(31)15-34-17(2)22-13-25(29)24(28)12-19(22)7-8-26(32)33/h5-6,11-13,17,20-21,31H,3-4,7-10,14-15H2,1-2H3,(H,32,33)/t17?,20-,21+/m0/s1. The molecule has 2 N–H and O–H groups in total. The number of aliphatic hydroxyl groups excluding tert-OH is 1. The number of carboxylic acids is 1. The molecule has 0 aromatic heterocycles. The largest absolute Gasteiger partial charge is 0.481 e. The number of aryl methyl sites for hydroxylation is 2. The molecule has 34 heavy (non-hydrogen) atoms. The number of benzene rings is 2. The van der Waals surface area contributed by atoms with E-state index in [1.165, 1.54) is 5.56 Å². The monoisotopic (exact) mass is 495 g/mol. The summed E-state index contributed by atoms with van der Waals surface area (Å²) in [5.41, 5.74) is 2.99. The third-order valence-corrected chi connectivity index (χ3v) is 6.83. The maximum atomic E-state index is 13.8. The summed E-state index contributed by atoms with van der Waals surface area (Å²) >= 11 is 6.26. The van der Waals surface area contributed by atoms with Crippen molar-refractivity contribution in [3.05, 3.63) is 69.2 Å². The van der Waals surface area contributed by atoms with Crippen molar-refractivity contribution in [3.63, 3.8) is 0 Å². The SMILES string of the molecule is Cc1ccc(C[C@@H]2CCCN2C[C@@H](O)COC(C)c2cc(F)c(F)cc2CCC(=O)O)cc1Cl. The van der Waals surface area contributed by atoms with Gasteiger partial charge in [0.15, 0.2) is 11.6 Å². The van der Waals surface area contributed by atoms with Crippen molar-refractivity contribution in [2.45, 2.75) is 64.2 Å². The summed E-state index contributed by atoms with van der Waals surface area (Å²) in [4.78, 5) is 13.2. The zero-order chi connectivity index (χ0) is 24.8. The van der Waals surface area contributed by atoms with Gasteiger partial charge in [0, 0.05) is 24.0 Å². The van der Waals surface area contributed by atoms with Crippen LogP contribution in [0.2, 0.25) is 5.02 Å². The van der Waals surface area contributed by atoms with Crippen LogP contribution in [0.3, 0.4) is 0 Å². The lowest BCUT2D eigenvalue weighted by molar-refractivity contribution is -0.136. The normalized spacial score (nSPS) is 18.2. The number of likely N-dealkylation sites (tertiary alicyclic amines) is 1. The van der Waals surface area contributed by atoms with Crippen molar-refractivity contribution in [1.29, 1.82) is 0 Å². The Bertz CT molecular complexity index is 1000. The second-order valence-electron chi connectivity index (χ2n) is 9.07. The minimum atomic E-state index is -1.02. The predicted molar refractivity (Wildman–Crippen MR) is 127 cm³/mol. The predicted octanol–water partition coefficient (Wildman–Crippen LogP) is 5.09. The van der Waals surface area contributed by atoms with E-state index in [2.05, 4.69) is 11.0 Å². The highest BCUT2D eigenvalue weighted by Crippen LogP contribution is 2.27. The first-order chi connectivity index (χ1) is 16.1. The van der Waals surface area contributed by atoms with Gasteiger partial charge in [-0.3, -0.25) is 9.69 Å². The topological polar surface area (TPSA) is 70.0 Å². The van der Waals surface area contributed by atoms with Crippen LogP contribution in [0.4, 0.5) is 8.78 Å². The Morgan fingerprint density at radius 1 is 1.26 bits per heavy atom. The lowest BCUT2D eigenvalue weighted by atomic mass is 9.98. The van der Waals surface area contributed by atoms with E-state index in [9.17, 15) is 18.7 Å². The highest BCUT2D eigenvalue weighted by atomic mass is 35.5. The Morgan fingerprint density at radius 3 is 2.71 bits per heavy atom. The first-order valence-electron chi connectivity index (χ1n) is 11.6. The highest BCUT2D eigenvalue weighted by Gasteiger charge is 2.27. The van der Waals surface area contributed by atoms with Gasteiger partial charge in [0.05, 0.1) is 18.8 Å². The van der Waals surface area contributed by atoms with E-state index < -0.39 is 29.8 Å². The molecule has 0 aliphatic carbocycles. The number of rotatable bonds is 11. The van der Waals surface area contributed by atoms with Gasteiger partial charge in [-0.15, -0.1) is 0 Å². The number of hydrogen-bond acceptors (Lipinski definition) is 4. The fraction of sp³-hybridized carbons (Fsp3) is 0.500. The summed E-state index contributed by atoms with van der Waals surface area (Å²) in [6.07, 6.45) is 1.43. The van der Waals surface area contributed by atoms with Crippen LogP contribution in [0.25, 0.3) is 0 Å². The number of aliphatic hydroxyl groups is 1. The number of carbonyl (C=O) groups is 1. The molecule has 0 bridgehead atoms. The molecule has 2 aromatic carbocycles. The summed E-state index contributed by atoms with van der Waals surface area (Å²) in [5.74, 6) is -3.06. The Labute approximate surface area is 204 Å². The van der Waals surface area contributed by atoms with Crippen LogP contribution in [0.5, 0.6) is 0 Å². The van der Waals surface area contributed by atoms with E-state index in [4.69, 9.17) is 21.4 Å². The molecule has 1 unspecified atom stereocenters. The molecule has 0 radical (unpaired) electrons. The van der Waals surface area contributed by atoms with Crippen LogP contribution >= 0.6 is 11.6 Å². The molecule has 1 aliphatic rings. The van der Waals surface area contributed by atoms with E-state index in [0.29, 0.717) is 23.7 Å². The summed E-state index contributed by atoms with van der Waals surface area (Å²) < 4.78 is 33.3. The molecule has 1 fully saturated rings. The zero-order valence-electron chi connectivity index (χ0n) is 19.6. The van der Waals surface area contributed by atoms with Crippen LogP contribution in [0.1, 0.15) is 54.5 Å². The number of hydrogen-bond donors (Lipinski definition) is 2. The molecule has 0 amide bonds. The van der Waals surface area contributed by atoms with Crippen LogP contribution in [0.15, 0.2) is 30.3 Å². The molecular weight excluding hydrogens is 464 g/mol. The van der Waals surface area contributed by atoms with Crippen molar-refractivity contribution in [2.24, 2.45) is 0 Å². The van der Waals surface area contributed by atoms with Crippen LogP contribution in [-0.4, -0.2) is 52.9 Å². The number of nitrogens with zero attached hydrogens (tertiary/aromatic N) is 1. The van der Waals surface area contributed by atoms with Crippen molar-refractivity contribution < 1.29 is 28.5 Å². The second-order valence-corrected chi connectivity index (χ2v) is 9.47. The Morgan fingerprint density at radius 2 is 2.00 bits per heavy atom. The fourth-order valence-electron chi connectivity index (χ4n) is 4.51. The van der Waals surface area contributed by atoms with Gasteiger partial charge in [-0.1, -0.05) is 23.7 Å². The van der Waals surface area contributed by atoms with E-state index in [1.807, 2.05) is 19.1 Å². The van der Waals surface area contributed by atoms with Gasteiger partial charge in [-0.25, -0.2) is 8.78 Å². The van der Waals surface area contributed by atoms with Gasteiger partial charge in [0.25, 0.3) is 0 Å². The van der Waals surface area contributed by atoms with Gasteiger partial charge in [-0.05, 0) is 86.5 Å². The van der Waals surface area contributed by atoms with Crippen molar-refractivity contribution >= 4 is 17.6 Å². The van der Waals surface area contributed by atoms with Crippen molar-refractivity contribution in [1.82, 2.24) is 4.90 Å². The zero-order valence-corrected chi connectivity index (χ0v) is 20.3. The van der Waals surface area contributed by atoms with Crippen molar-refractivity contribution in [2.75, 3.05) is 19.7 Å². The van der Waals surface area contributed by atoms with Crippen LogP contribution in [0, 0.1) is 18.6 Å². The molecule has 1 heterocycles. The lowest BCUT2D eigenvalue weighted by Gasteiger charge is -2.28. The molecule has 186 valence electrons.